The van der Waals surface area contributed by atoms with Crippen molar-refractivity contribution in [2.24, 2.45) is 0 Å². The molecular formula is C37H42N2O5S2. The van der Waals surface area contributed by atoms with E-state index in [1.165, 1.54) is 0 Å². The van der Waals surface area contributed by atoms with Crippen LogP contribution in [0.15, 0.2) is 78.0 Å². The van der Waals surface area contributed by atoms with Gasteiger partial charge in [0, 0.05) is 68.4 Å². The molecule has 0 aliphatic carbocycles. The molecule has 0 bridgehead atoms. The highest BCUT2D eigenvalue weighted by Crippen LogP contribution is 2.29. The van der Waals surface area contributed by atoms with E-state index in [1.807, 2.05) is 66.7 Å². The summed E-state index contributed by atoms with van der Waals surface area (Å²) in [4.78, 5) is 43.8. The molecule has 0 saturated carbocycles. The van der Waals surface area contributed by atoms with Crippen molar-refractivity contribution in [3.05, 3.63) is 89.6 Å². The Morgan fingerprint density at radius 3 is 2.20 bits per heavy atom. The second-order valence-corrected chi connectivity index (χ2v) is 13.4. The summed E-state index contributed by atoms with van der Waals surface area (Å²) in [7, 11) is 3.25. The van der Waals surface area contributed by atoms with Gasteiger partial charge in [-0.25, -0.2) is 4.98 Å². The number of fused-ring (bicyclic) bond motifs is 2. The Hall–Kier alpha value is -3.42. The Kier molecular flexibility index (Phi) is 15.9. The zero-order valence-corrected chi connectivity index (χ0v) is 27.9. The van der Waals surface area contributed by atoms with E-state index in [-0.39, 0.29) is 17.5 Å². The van der Waals surface area contributed by atoms with Crippen LogP contribution in [0, 0.1) is 11.8 Å². The summed E-state index contributed by atoms with van der Waals surface area (Å²) in [6.45, 7) is 2.60. The van der Waals surface area contributed by atoms with Gasteiger partial charge < -0.3 is 14.4 Å². The smallest absolute Gasteiger partial charge is 0.227 e. The Morgan fingerprint density at radius 2 is 1.37 bits per heavy atom. The minimum atomic E-state index is 0.00624. The number of ketones is 2. The molecule has 2 aromatic carbocycles. The molecule has 0 unspecified atom stereocenters. The average Bonchev–Trinajstić information content (AvgIpc) is 3.07. The fourth-order valence-electron chi connectivity index (χ4n) is 4.90. The van der Waals surface area contributed by atoms with Crippen molar-refractivity contribution in [2.45, 2.75) is 69.4 Å². The molecule has 2 heterocycles. The van der Waals surface area contributed by atoms with Gasteiger partial charge in [-0.2, -0.15) is 0 Å². The topological polar surface area (TPSA) is 85.8 Å². The maximum absolute atomic E-state index is 13.3. The summed E-state index contributed by atoms with van der Waals surface area (Å²) in [5.74, 6) is 7.68. The molecule has 0 atom stereocenters. The number of aromatic nitrogens is 1. The van der Waals surface area contributed by atoms with Crippen LogP contribution in [0.4, 0.5) is 5.69 Å². The SMILES string of the molecule is O=C(CCCCOCCOCCCC(=O)CCSSc1ccccn1)CCCC(=O)N1Cc2ccccc2C#Cc2ccccc21. The Bertz CT molecular complexity index is 1470. The Balaban J connectivity index is 0.984. The molecular weight excluding hydrogens is 617 g/mol. The molecule has 0 radical (unpaired) electrons. The number of benzene rings is 2. The highest BCUT2D eigenvalue weighted by Gasteiger charge is 2.21. The molecule has 1 amide bonds. The van der Waals surface area contributed by atoms with Crippen LogP contribution in [0.5, 0.6) is 0 Å². The number of hydrogen-bond acceptors (Lipinski definition) is 8. The number of anilines is 1. The maximum Gasteiger partial charge on any atom is 0.227 e. The molecule has 7 nitrogen and oxygen atoms in total. The number of nitrogens with zero attached hydrogens (tertiary/aromatic N) is 2. The number of pyridine rings is 1. The highest BCUT2D eigenvalue weighted by molar-refractivity contribution is 8.76. The molecule has 0 fully saturated rings. The van der Waals surface area contributed by atoms with Crippen LogP contribution in [-0.4, -0.2) is 54.6 Å². The summed E-state index contributed by atoms with van der Waals surface area (Å²) in [5.41, 5.74) is 3.61. The highest BCUT2D eigenvalue weighted by atomic mass is 33.1. The first-order valence-electron chi connectivity index (χ1n) is 16.0. The summed E-state index contributed by atoms with van der Waals surface area (Å²) in [5, 5.41) is 0.957. The van der Waals surface area contributed by atoms with Crippen LogP contribution in [-0.2, 0) is 30.4 Å². The molecule has 0 N–H and O–H groups in total. The first kappa shape index (κ1) is 35.4. The number of carbonyl (C=O) groups is 3. The van der Waals surface area contributed by atoms with Gasteiger partial charge in [0.1, 0.15) is 16.6 Å². The first-order valence-corrected chi connectivity index (χ1v) is 18.3. The van der Waals surface area contributed by atoms with Crippen LogP contribution in [0.3, 0.4) is 0 Å². The summed E-state index contributed by atoms with van der Waals surface area (Å²) in [6.07, 6.45) is 6.91. The van der Waals surface area contributed by atoms with E-state index in [2.05, 4.69) is 16.8 Å². The van der Waals surface area contributed by atoms with Crippen molar-refractivity contribution in [3.63, 3.8) is 0 Å². The van der Waals surface area contributed by atoms with E-state index in [0.29, 0.717) is 71.5 Å². The van der Waals surface area contributed by atoms with Crippen LogP contribution in [0.1, 0.15) is 74.5 Å². The van der Waals surface area contributed by atoms with Crippen molar-refractivity contribution in [2.75, 3.05) is 37.1 Å². The van der Waals surface area contributed by atoms with Crippen molar-refractivity contribution < 1.29 is 23.9 Å². The molecule has 46 heavy (non-hydrogen) atoms. The monoisotopic (exact) mass is 658 g/mol. The fraction of sp³-hybridized carbons (Fsp3) is 0.405. The minimum Gasteiger partial charge on any atom is -0.379 e. The molecule has 3 aromatic rings. The summed E-state index contributed by atoms with van der Waals surface area (Å²) < 4.78 is 11.2. The van der Waals surface area contributed by atoms with E-state index >= 15 is 0 Å². The largest absolute Gasteiger partial charge is 0.379 e. The van der Waals surface area contributed by atoms with E-state index in [4.69, 9.17) is 9.47 Å². The zero-order chi connectivity index (χ0) is 32.2. The lowest BCUT2D eigenvalue weighted by Crippen LogP contribution is -2.31. The van der Waals surface area contributed by atoms with Crippen LogP contribution in [0.25, 0.3) is 0 Å². The molecule has 1 aliphatic rings. The third kappa shape index (κ3) is 12.8. The van der Waals surface area contributed by atoms with Crippen molar-refractivity contribution >= 4 is 44.7 Å². The molecule has 1 aliphatic heterocycles. The van der Waals surface area contributed by atoms with Crippen LogP contribution >= 0.6 is 21.6 Å². The molecule has 9 heteroatoms. The number of hydrogen-bond donors (Lipinski definition) is 0. The van der Waals surface area contributed by atoms with Gasteiger partial charge in [0.2, 0.25) is 5.91 Å². The number of Topliss-reactive ketones (excluding diaryl/α,β-unsaturated/α-hetero) is 2. The van der Waals surface area contributed by atoms with Crippen LogP contribution in [0.2, 0.25) is 0 Å². The van der Waals surface area contributed by atoms with E-state index < -0.39 is 0 Å². The molecule has 242 valence electrons. The van der Waals surface area contributed by atoms with Gasteiger partial charge in [-0.3, -0.25) is 14.4 Å². The van der Waals surface area contributed by atoms with Gasteiger partial charge >= 0.3 is 0 Å². The molecule has 1 aromatic heterocycles. The van der Waals surface area contributed by atoms with E-state index in [9.17, 15) is 14.4 Å². The zero-order valence-electron chi connectivity index (χ0n) is 26.3. The number of carbonyl (C=O) groups excluding carboxylic acids is 3. The number of unbranched alkanes of at least 4 members (excludes halogenated alkanes) is 1. The Labute approximate surface area is 280 Å². The third-order valence-electron chi connectivity index (χ3n) is 7.38. The standard InChI is InChI=1S/C37H42N2O5S2/c40-33(14-6-8-24-43-26-27-44-25-10-16-34(41)22-28-45-46-36-18-5-7-23-38-36)15-9-19-37(42)39-29-32-13-2-1-11-30(32)20-21-31-12-3-4-17-35(31)39/h1-5,7,11-13,17-18,23H,6,8-10,14-16,19,22,24-29H2. The lowest BCUT2D eigenvalue weighted by molar-refractivity contribution is -0.121. The van der Waals surface area contributed by atoms with Gasteiger partial charge in [0.05, 0.1) is 25.4 Å². The second kappa shape index (κ2) is 20.7. The fourth-order valence-corrected chi connectivity index (χ4v) is 6.81. The molecule has 0 spiro atoms. The number of amides is 1. The molecule has 0 saturated heterocycles. The van der Waals surface area contributed by atoms with Crippen molar-refractivity contribution in [3.8, 4) is 11.8 Å². The number of ether oxygens (including phenoxy) is 2. The second-order valence-electron chi connectivity index (χ2n) is 10.9. The van der Waals surface area contributed by atoms with Crippen molar-refractivity contribution in [1.82, 2.24) is 4.98 Å². The third-order valence-corrected chi connectivity index (χ3v) is 9.64. The predicted molar refractivity (Wildman–Crippen MR) is 186 cm³/mol. The Morgan fingerprint density at radius 1 is 0.696 bits per heavy atom. The van der Waals surface area contributed by atoms with Gasteiger partial charge in [-0.05, 0) is 72.4 Å². The first-order chi connectivity index (χ1) is 22.6. The van der Waals surface area contributed by atoms with Gasteiger partial charge in [-0.15, -0.1) is 0 Å². The van der Waals surface area contributed by atoms with Gasteiger partial charge in [0.25, 0.3) is 0 Å². The van der Waals surface area contributed by atoms with Gasteiger partial charge in [0.15, 0.2) is 0 Å². The van der Waals surface area contributed by atoms with E-state index in [1.54, 1.807) is 32.7 Å². The number of para-hydroxylation sites is 1. The van der Waals surface area contributed by atoms with Gasteiger partial charge in [-0.1, -0.05) is 59.0 Å². The minimum absolute atomic E-state index is 0.00624. The number of rotatable bonds is 21. The van der Waals surface area contributed by atoms with Crippen LogP contribution < -0.4 is 4.90 Å². The average molecular weight is 659 g/mol. The summed E-state index contributed by atoms with van der Waals surface area (Å²) in [6, 6.07) is 21.5. The van der Waals surface area contributed by atoms with E-state index in [0.717, 1.165) is 52.4 Å². The lowest BCUT2D eigenvalue weighted by Gasteiger charge is -2.26. The lowest BCUT2D eigenvalue weighted by atomic mass is 10.0. The molecule has 4 rings (SSSR count). The quantitative estimate of drug-likeness (QED) is 0.0663. The maximum atomic E-state index is 13.3. The van der Waals surface area contributed by atoms with Crippen molar-refractivity contribution in [1.29, 1.82) is 0 Å². The predicted octanol–water partition coefficient (Wildman–Crippen LogP) is 7.45. The summed E-state index contributed by atoms with van der Waals surface area (Å²) >= 11 is 0. The normalized spacial score (nSPS) is 11.9.